The lowest BCUT2D eigenvalue weighted by Gasteiger charge is -2.23. The third kappa shape index (κ3) is 2.80. The largest absolute Gasteiger partial charge is 0.481 e. The van der Waals surface area contributed by atoms with Crippen LogP contribution in [0.4, 0.5) is 5.69 Å². The van der Waals surface area contributed by atoms with Gasteiger partial charge in [-0.2, -0.15) is 0 Å². The number of carboxylic acids is 1. The standard InChI is InChI=1S/C14H18N2O4/c1-2-14(13(17)18)6-7-15(10-14)9-11-4-3-5-12(8-11)16(19)20/h3-5,8H,2,6-7,9-10H2,1H3,(H,17,18). The van der Waals surface area contributed by atoms with Crippen LogP contribution in [0.15, 0.2) is 24.3 Å². The van der Waals surface area contributed by atoms with Crippen LogP contribution in [0.3, 0.4) is 0 Å². The first kappa shape index (κ1) is 14.5. The zero-order valence-corrected chi connectivity index (χ0v) is 11.4. The first-order valence-corrected chi connectivity index (χ1v) is 6.66. The molecule has 1 heterocycles. The van der Waals surface area contributed by atoms with Gasteiger partial charge in [-0.05, 0) is 24.9 Å². The molecule has 1 N–H and O–H groups in total. The molecule has 20 heavy (non-hydrogen) atoms. The van der Waals surface area contributed by atoms with Gasteiger partial charge >= 0.3 is 5.97 Å². The van der Waals surface area contributed by atoms with E-state index in [1.807, 2.05) is 13.0 Å². The summed E-state index contributed by atoms with van der Waals surface area (Å²) in [5.41, 5.74) is 0.249. The summed E-state index contributed by atoms with van der Waals surface area (Å²) in [5, 5.41) is 20.1. The van der Waals surface area contributed by atoms with E-state index >= 15 is 0 Å². The Kier molecular flexibility index (Phi) is 4.04. The normalized spacial score (nSPS) is 22.9. The SMILES string of the molecule is CCC1(C(=O)O)CCN(Cc2cccc([N+](=O)[O-])c2)C1. The summed E-state index contributed by atoms with van der Waals surface area (Å²) in [7, 11) is 0. The highest BCUT2D eigenvalue weighted by atomic mass is 16.6. The van der Waals surface area contributed by atoms with Gasteiger partial charge in [0.05, 0.1) is 10.3 Å². The minimum atomic E-state index is -0.749. The molecule has 1 aliphatic rings. The molecule has 1 aromatic carbocycles. The van der Waals surface area contributed by atoms with Crippen LogP contribution in [-0.2, 0) is 11.3 Å². The lowest BCUT2D eigenvalue weighted by atomic mass is 9.84. The van der Waals surface area contributed by atoms with Crippen molar-refractivity contribution in [3.8, 4) is 0 Å². The van der Waals surface area contributed by atoms with E-state index < -0.39 is 16.3 Å². The van der Waals surface area contributed by atoms with Crippen molar-refractivity contribution in [1.29, 1.82) is 0 Å². The number of nitro groups is 1. The summed E-state index contributed by atoms with van der Waals surface area (Å²) < 4.78 is 0. The molecule has 1 unspecified atom stereocenters. The average Bonchev–Trinajstić information content (AvgIpc) is 2.83. The number of hydrogen-bond donors (Lipinski definition) is 1. The van der Waals surface area contributed by atoms with Crippen LogP contribution in [0.2, 0.25) is 0 Å². The van der Waals surface area contributed by atoms with Crippen LogP contribution in [0.5, 0.6) is 0 Å². The van der Waals surface area contributed by atoms with E-state index in [2.05, 4.69) is 4.90 Å². The predicted molar refractivity (Wildman–Crippen MR) is 73.4 cm³/mol. The second-order valence-electron chi connectivity index (χ2n) is 5.33. The monoisotopic (exact) mass is 278 g/mol. The summed E-state index contributed by atoms with van der Waals surface area (Å²) in [6.45, 7) is 3.66. The first-order chi connectivity index (χ1) is 9.47. The Morgan fingerprint density at radius 3 is 2.85 bits per heavy atom. The summed E-state index contributed by atoms with van der Waals surface area (Å²) >= 11 is 0. The number of aliphatic carboxylic acids is 1. The number of hydrogen-bond acceptors (Lipinski definition) is 4. The van der Waals surface area contributed by atoms with E-state index in [4.69, 9.17) is 0 Å². The van der Waals surface area contributed by atoms with Crippen molar-refractivity contribution >= 4 is 11.7 Å². The van der Waals surface area contributed by atoms with Gasteiger partial charge in [0.15, 0.2) is 0 Å². The van der Waals surface area contributed by atoms with Crippen molar-refractivity contribution in [3.05, 3.63) is 39.9 Å². The van der Waals surface area contributed by atoms with Crippen molar-refractivity contribution < 1.29 is 14.8 Å². The van der Waals surface area contributed by atoms with Gasteiger partial charge in [0, 0.05) is 25.2 Å². The van der Waals surface area contributed by atoms with Gasteiger partial charge in [-0.1, -0.05) is 19.1 Å². The number of nitro benzene ring substituents is 1. The zero-order valence-electron chi connectivity index (χ0n) is 11.4. The molecule has 1 saturated heterocycles. The van der Waals surface area contributed by atoms with Crippen molar-refractivity contribution in [2.75, 3.05) is 13.1 Å². The molecule has 0 spiro atoms. The number of non-ortho nitro benzene ring substituents is 1. The quantitative estimate of drug-likeness (QED) is 0.660. The molecule has 1 atom stereocenters. The summed E-state index contributed by atoms with van der Waals surface area (Å²) in [4.78, 5) is 23.8. The summed E-state index contributed by atoms with van der Waals surface area (Å²) in [6, 6.07) is 6.50. The van der Waals surface area contributed by atoms with E-state index in [0.29, 0.717) is 32.5 Å². The van der Waals surface area contributed by atoms with Crippen LogP contribution >= 0.6 is 0 Å². The third-order valence-electron chi connectivity index (χ3n) is 4.09. The number of nitrogens with zero attached hydrogens (tertiary/aromatic N) is 2. The number of benzene rings is 1. The topological polar surface area (TPSA) is 83.7 Å². The minimum absolute atomic E-state index is 0.0710. The van der Waals surface area contributed by atoms with Crippen LogP contribution in [0.1, 0.15) is 25.3 Å². The molecule has 0 saturated carbocycles. The van der Waals surface area contributed by atoms with Crippen LogP contribution < -0.4 is 0 Å². The van der Waals surface area contributed by atoms with Crippen molar-refractivity contribution in [1.82, 2.24) is 4.90 Å². The fourth-order valence-electron chi connectivity index (χ4n) is 2.73. The number of carboxylic acid groups (broad SMARTS) is 1. The molecular weight excluding hydrogens is 260 g/mol. The Balaban J connectivity index is 2.07. The third-order valence-corrected chi connectivity index (χ3v) is 4.09. The van der Waals surface area contributed by atoms with Gasteiger partial charge < -0.3 is 5.11 Å². The lowest BCUT2D eigenvalue weighted by Crippen LogP contribution is -2.33. The van der Waals surface area contributed by atoms with Gasteiger partial charge in [-0.3, -0.25) is 19.8 Å². The number of rotatable bonds is 5. The molecule has 0 aromatic heterocycles. The molecule has 1 aromatic rings. The first-order valence-electron chi connectivity index (χ1n) is 6.66. The molecule has 6 heteroatoms. The van der Waals surface area contributed by atoms with Gasteiger partial charge in [0.1, 0.15) is 0 Å². The zero-order chi connectivity index (χ0) is 14.8. The number of likely N-dealkylation sites (tertiary alicyclic amines) is 1. The fraction of sp³-hybridized carbons (Fsp3) is 0.500. The minimum Gasteiger partial charge on any atom is -0.481 e. The molecule has 1 fully saturated rings. The Morgan fingerprint density at radius 2 is 2.30 bits per heavy atom. The van der Waals surface area contributed by atoms with Crippen molar-refractivity contribution in [2.45, 2.75) is 26.3 Å². The molecule has 6 nitrogen and oxygen atoms in total. The summed E-state index contributed by atoms with van der Waals surface area (Å²) in [5.74, 6) is -0.749. The van der Waals surface area contributed by atoms with Crippen LogP contribution in [-0.4, -0.2) is 34.0 Å². The second kappa shape index (κ2) is 5.58. The maximum atomic E-state index is 11.4. The van der Waals surface area contributed by atoms with E-state index in [1.54, 1.807) is 12.1 Å². The van der Waals surface area contributed by atoms with Crippen molar-refractivity contribution in [2.24, 2.45) is 5.41 Å². The molecule has 0 aliphatic carbocycles. The Hall–Kier alpha value is -1.95. The molecule has 108 valence electrons. The molecule has 2 rings (SSSR count). The van der Waals surface area contributed by atoms with E-state index in [-0.39, 0.29) is 5.69 Å². The van der Waals surface area contributed by atoms with E-state index in [9.17, 15) is 20.0 Å². The van der Waals surface area contributed by atoms with Gasteiger partial charge in [0.25, 0.3) is 5.69 Å². The lowest BCUT2D eigenvalue weighted by molar-refractivity contribution is -0.384. The molecule has 0 amide bonds. The highest BCUT2D eigenvalue weighted by molar-refractivity contribution is 5.75. The van der Waals surface area contributed by atoms with E-state index in [0.717, 1.165) is 5.56 Å². The second-order valence-corrected chi connectivity index (χ2v) is 5.33. The molecule has 0 radical (unpaired) electrons. The maximum Gasteiger partial charge on any atom is 0.310 e. The Labute approximate surface area is 117 Å². The predicted octanol–water partition coefficient (Wildman–Crippen LogP) is 2.28. The highest BCUT2D eigenvalue weighted by Crippen LogP contribution is 2.35. The molecular formula is C14H18N2O4. The Morgan fingerprint density at radius 1 is 1.55 bits per heavy atom. The van der Waals surface area contributed by atoms with Gasteiger partial charge in [-0.15, -0.1) is 0 Å². The molecule has 1 aliphatic heterocycles. The van der Waals surface area contributed by atoms with E-state index in [1.165, 1.54) is 6.07 Å². The summed E-state index contributed by atoms with van der Waals surface area (Å²) in [6.07, 6.45) is 1.24. The number of carbonyl (C=O) groups is 1. The average molecular weight is 278 g/mol. The van der Waals surface area contributed by atoms with Crippen molar-refractivity contribution in [3.63, 3.8) is 0 Å². The van der Waals surface area contributed by atoms with Gasteiger partial charge in [-0.25, -0.2) is 0 Å². The maximum absolute atomic E-state index is 11.4. The fourth-order valence-corrected chi connectivity index (χ4v) is 2.73. The van der Waals surface area contributed by atoms with Gasteiger partial charge in [0.2, 0.25) is 0 Å². The molecule has 0 bridgehead atoms. The Bertz CT molecular complexity index is 532. The smallest absolute Gasteiger partial charge is 0.310 e. The van der Waals surface area contributed by atoms with Crippen LogP contribution in [0, 0.1) is 15.5 Å². The highest BCUT2D eigenvalue weighted by Gasteiger charge is 2.43. The van der Waals surface area contributed by atoms with Crippen LogP contribution in [0.25, 0.3) is 0 Å².